The zero-order chi connectivity index (χ0) is 21.2. The number of nitrogens with one attached hydrogen (secondary N) is 2. The fraction of sp³-hybridized carbons (Fsp3) is 0.522. The summed E-state index contributed by atoms with van der Waals surface area (Å²) in [4.78, 5) is 8.34. The zero-order valence-corrected chi connectivity index (χ0v) is 21.8. The Labute approximate surface area is 207 Å². The minimum Gasteiger partial charge on any atom is -0.497 e. The van der Waals surface area contributed by atoms with Gasteiger partial charge in [-0.25, -0.2) is 0 Å². The number of morpholine rings is 1. The van der Waals surface area contributed by atoms with Crippen LogP contribution >= 0.6 is 35.3 Å². The van der Waals surface area contributed by atoms with Crippen LogP contribution < -0.4 is 15.4 Å². The minimum atomic E-state index is 0. The molecule has 1 saturated heterocycles. The average Bonchev–Trinajstić information content (AvgIpc) is 3.30. The summed E-state index contributed by atoms with van der Waals surface area (Å²) >= 11 is 1.82. The molecule has 0 bridgehead atoms. The lowest BCUT2D eigenvalue weighted by Crippen LogP contribution is -2.47. The quantitative estimate of drug-likeness (QED) is 0.279. The predicted molar refractivity (Wildman–Crippen MR) is 140 cm³/mol. The van der Waals surface area contributed by atoms with E-state index in [2.05, 4.69) is 57.1 Å². The largest absolute Gasteiger partial charge is 0.497 e. The van der Waals surface area contributed by atoms with Crippen LogP contribution in [-0.4, -0.2) is 64.4 Å². The molecule has 31 heavy (non-hydrogen) atoms. The maximum absolute atomic E-state index is 5.56. The summed E-state index contributed by atoms with van der Waals surface area (Å²) in [6, 6.07) is 12.9. The van der Waals surface area contributed by atoms with Crippen molar-refractivity contribution in [2.45, 2.75) is 19.4 Å². The third-order valence-corrected chi connectivity index (χ3v) is 6.32. The second-order valence-corrected chi connectivity index (χ2v) is 8.69. The van der Waals surface area contributed by atoms with Crippen LogP contribution in [-0.2, 0) is 11.2 Å². The molecule has 0 aliphatic carbocycles. The average molecular weight is 559 g/mol. The van der Waals surface area contributed by atoms with E-state index in [0.717, 1.165) is 57.5 Å². The van der Waals surface area contributed by atoms with Gasteiger partial charge < -0.3 is 20.1 Å². The standard InChI is InChI=1S/C23H34N4O2S.HI/c1-18(15-21-5-4-14-30-21)16-25-23(24-2)26-17-22(27-10-12-29-13-11-27)19-6-8-20(28-3)9-7-19;/h4-9,14,18,22H,10-13,15-17H2,1-3H3,(H2,24,25,26);1H. The predicted octanol–water partition coefficient (Wildman–Crippen LogP) is 3.79. The minimum absolute atomic E-state index is 0. The van der Waals surface area contributed by atoms with Crippen LogP contribution in [0.1, 0.15) is 23.4 Å². The maximum Gasteiger partial charge on any atom is 0.191 e. The van der Waals surface area contributed by atoms with Crippen LogP contribution in [0.4, 0.5) is 0 Å². The molecule has 8 heteroatoms. The Morgan fingerprint density at radius 2 is 1.87 bits per heavy atom. The van der Waals surface area contributed by atoms with Crippen LogP contribution in [0.3, 0.4) is 0 Å². The third kappa shape index (κ3) is 8.25. The van der Waals surface area contributed by atoms with Crippen molar-refractivity contribution < 1.29 is 9.47 Å². The molecule has 1 aromatic heterocycles. The lowest BCUT2D eigenvalue weighted by atomic mass is 10.0. The zero-order valence-electron chi connectivity index (χ0n) is 18.7. The number of ether oxygens (including phenoxy) is 2. The number of hydrogen-bond acceptors (Lipinski definition) is 5. The molecular formula is C23H35IN4O2S. The monoisotopic (exact) mass is 558 g/mol. The van der Waals surface area contributed by atoms with Crippen molar-refractivity contribution >= 4 is 41.3 Å². The fourth-order valence-electron chi connectivity index (χ4n) is 3.70. The first-order chi connectivity index (χ1) is 14.7. The highest BCUT2D eigenvalue weighted by atomic mass is 127. The van der Waals surface area contributed by atoms with Gasteiger partial charge in [0.25, 0.3) is 0 Å². The summed E-state index contributed by atoms with van der Waals surface area (Å²) in [6.07, 6.45) is 1.09. The Morgan fingerprint density at radius 1 is 1.16 bits per heavy atom. The molecule has 2 atom stereocenters. The molecule has 0 spiro atoms. The van der Waals surface area contributed by atoms with Crippen LogP contribution in [0, 0.1) is 5.92 Å². The molecule has 1 fully saturated rings. The number of guanidine groups is 1. The highest BCUT2D eigenvalue weighted by Crippen LogP contribution is 2.23. The van der Waals surface area contributed by atoms with Crippen molar-refractivity contribution in [1.82, 2.24) is 15.5 Å². The summed E-state index contributed by atoms with van der Waals surface area (Å²) in [7, 11) is 3.53. The van der Waals surface area contributed by atoms with Crippen molar-refractivity contribution in [2.24, 2.45) is 10.9 Å². The lowest BCUT2D eigenvalue weighted by molar-refractivity contribution is 0.0170. The molecule has 1 aliphatic heterocycles. The smallest absolute Gasteiger partial charge is 0.191 e. The van der Waals surface area contributed by atoms with Crippen molar-refractivity contribution in [3.05, 3.63) is 52.2 Å². The highest BCUT2D eigenvalue weighted by Gasteiger charge is 2.23. The molecule has 1 aliphatic rings. The van der Waals surface area contributed by atoms with E-state index < -0.39 is 0 Å². The number of benzene rings is 1. The van der Waals surface area contributed by atoms with E-state index in [4.69, 9.17) is 9.47 Å². The van der Waals surface area contributed by atoms with E-state index in [1.165, 1.54) is 10.4 Å². The molecule has 0 saturated carbocycles. The Morgan fingerprint density at radius 3 is 2.48 bits per heavy atom. The van der Waals surface area contributed by atoms with Gasteiger partial charge in [0.2, 0.25) is 0 Å². The Kier molecular flexibility index (Phi) is 11.6. The van der Waals surface area contributed by atoms with Gasteiger partial charge in [-0.2, -0.15) is 0 Å². The summed E-state index contributed by atoms with van der Waals surface area (Å²) in [6.45, 7) is 7.37. The summed E-state index contributed by atoms with van der Waals surface area (Å²) in [5.74, 6) is 2.27. The van der Waals surface area contributed by atoms with Crippen molar-refractivity contribution in [3.8, 4) is 5.75 Å². The number of rotatable bonds is 9. The fourth-order valence-corrected chi connectivity index (χ4v) is 4.57. The van der Waals surface area contributed by atoms with E-state index in [1.54, 1.807) is 7.11 Å². The van der Waals surface area contributed by atoms with Crippen molar-refractivity contribution in [3.63, 3.8) is 0 Å². The molecule has 0 amide bonds. The van der Waals surface area contributed by atoms with Gasteiger partial charge in [0.15, 0.2) is 5.96 Å². The third-order valence-electron chi connectivity index (χ3n) is 5.42. The first-order valence-electron chi connectivity index (χ1n) is 10.6. The summed E-state index contributed by atoms with van der Waals surface area (Å²) in [5.41, 5.74) is 1.27. The summed E-state index contributed by atoms with van der Waals surface area (Å²) < 4.78 is 10.9. The Balaban J connectivity index is 0.00000341. The lowest BCUT2D eigenvalue weighted by Gasteiger charge is -2.35. The van der Waals surface area contributed by atoms with E-state index >= 15 is 0 Å². The maximum atomic E-state index is 5.56. The van der Waals surface area contributed by atoms with E-state index in [-0.39, 0.29) is 30.0 Å². The Hall–Kier alpha value is -1.36. The second kappa shape index (κ2) is 13.9. The molecule has 3 rings (SSSR count). The molecule has 1 aromatic carbocycles. The normalized spacial score (nSPS) is 16.8. The number of hydrogen-bond donors (Lipinski definition) is 2. The van der Waals surface area contributed by atoms with Gasteiger partial charge in [0.1, 0.15) is 5.75 Å². The van der Waals surface area contributed by atoms with Gasteiger partial charge in [-0.05, 0) is 41.5 Å². The van der Waals surface area contributed by atoms with E-state index in [9.17, 15) is 0 Å². The van der Waals surface area contributed by atoms with Crippen LogP contribution in [0.5, 0.6) is 5.75 Å². The summed E-state index contributed by atoms with van der Waals surface area (Å²) in [5, 5.41) is 9.17. The molecule has 172 valence electrons. The van der Waals surface area contributed by atoms with Crippen molar-refractivity contribution in [1.29, 1.82) is 0 Å². The molecule has 2 N–H and O–H groups in total. The van der Waals surface area contributed by atoms with Gasteiger partial charge in [-0.15, -0.1) is 35.3 Å². The molecule has 2 unspecified atom stereocenters. The van der Waals surface area contributed by atoms with Crippen LogP contribution in [0.2, 0.25) is 0 Å². The van der Waals surface area contributed by atoms with Gasteiger partial charge >= 0.3 is 0 Å². The molecule has 0 radical (unpaired) electrons. The Bertz CT molecular complexity index is 764. The number of aliphatic imine (C=N–C) groups is 1. The van der Waals surface area contributed by atoms with Gasteiger partial charge in [-0.1, -0.05) is 25.1 Å². The molecule has 2 heterocycles. The first kappa shape index (κ1) is 25.9. The van der Waals surface area contributed by atoms with Gasteiger partial charge in [0, 0.05) is 38.1 Å². The first-order valence-corrected chi connectivity index (χ1v) is 11.5. The van der Waals surface area contributed by atoms with Crippen LogP contribution in [0.25, 0.3) is 0 Å². The molecule has 2 aromatic rings. The number of halogens is 1. The van der Waals surface area contributed by atoms with Crippen LogP contribution in [0.15, 0.2) is 46.8 Å². The molecule has 6 nitrogen and oxygen atoms in total. The highest BCUT2D eigenvalue weighted by molar-refractivity contribution is 14.0. The molecular weight excluding hydrogens is 523 g/mol. The number of nitrogens with zero attached hydrogens (tertiary/aromatic N) is 2. The van der Waals surface area contributed by atoms with E-state index in [1.807, 2.05) is 30.5 Å². The SMILES string of the molecule is CN=C(NCC(C)Cc1cccs1)NCC(c1ccc(OC)cc1)N1CCOCC1.I. The topological polar surface area (TPSA) is 58.1 Å². The number of thiophene rings is 1. The van der Waals surface area contributed by atoms with Gasteiger partial charge in [0.05, 0.1) is 26.4 Å². The van der Waals surface area contributed by atoms with E-state index in [0.29, 0.717) is 5.92 Å². The number of methoxy groups -OCH3 is 1. The van der Waals surface area contributed by atoms with Crippen molar-refractivity contribution in [2.75, 3.05) is 53.6 Å². The second-order valence-electron chi connectivity index (χ2n) is 7.66. The van der Waals surface area contributed by atoms with Gasteiger partial charge in [-0.3, -0.25) is 9.89 Å².